The Kier molecular flexibility index (Phi) is 7.75. The molecule has 0 aliphatic heterocycles. The minimum atomic E-state index is -4.77. The number of benzene rings is 2. The molecule has 0 aliphatic carbocycles. The zero-order chi connectivity index (χ0) is 24.0. The highest BCUT2D eigenvalue weighted by atomic mass is 19.4. The normalized spacial score (nSPS) is 11.5. The van der Waals surface area contributed by atoms with Gasteiger partial charge >= 0.3 is 6.36 Å². The summed E-state index contributed by atoms with van der Waals surface area (Å²) in [6, 6.07) is 13.5. The second-order valence-corrected chi connectivity index (χ2v) is 7.86. The Morgan fingerprint density at radius 3 is 2.48 bits per heavy atom. The average molecular weight is 460 g/mol. The standard InChI is InChI=1S/C24H28F3N5O/c1-5-17-9-6-8-16(2)22(17)30-21-15-20(29-23(31-21)28-12-13-32(3)4)18-10-7-11-19(14-18)33-24(25,26)27/h6-11,14-15H,5,12-13H2,1-4H3,(H2,28,29,30,31). The van der Waals surface area contributed by atoms with Gasteiger partial charge in [0.05, 0.1) is 5.69 Å². The number of alkyl halides is 3. The number of likely N-dealkylation sites (N-methyl/N-ethyl adjacent to an activating group) is 1. The molecule has 1 aromatic heterocycles. The second-order valence-electron chi connectivity index (χ2n) is 7.86. The summed E-state index contributed by atoms with van der Waals surface area (Å²) in [4.78, 5) is 11.1. The Morgan fingerprint density at radius 1 is 1.03 bits per heavy atom. The summed E-state index contributed by atoms with van der Waals surface area (Å²) in [7, 11) is 3.92. The quantitative estimate of drug-likeness (QED) is 0.432. The highest BCUT2D eigenvalue weighted by Gasteiger charge is 2.31. The highest BCUT2D eigenvalue weighted by Crippen LogP contribution is 2.30. The van der Waals surface area contributed by atoms with Crippen LogP contribution in [0.2, 0.25) is 0 Å². The van der Waals surface area contributed by atoms with Crippen LogP contribution in [-0.4, -0.2) is 48.4 Å². The van der Waals surface area contributed by atoms with Crippen molar-refractivity contribution in [3.63, 3.8) is 0 Å². The minimum absolute atomic E-state index is 0.303. The maximum atomic E-state index is 12.7. The minimum Gasteiger partial charge on any atom is -0.406 e. The SMILES string of the molecule is CCc1cccc(C)c1Nc1cc(-c2cccc(OC(F)(F)F)c2)nc(NCCN(C)C)n1. The van der Waals surface area contributed by atoms with Gasteiger partial charge in [-0.1, -0.05) is 37.3 Å². The van der Waals surface area contributed by atoms with E-state index in [9.17, 15) is 13.2 Å². The van der Waals surface area contributed by atoms with E-state index in [1.54, 1.807) is 12.1 Å². The Balaban J connectivity index is 1.99. The first-order valence-corrected chi connectivity index (χ1v) is 10.6. The van der Waals surface area contributed by atoms with Crippen LogP contribution in [-0.2, 0) is 6.42 Å². The van der Waals surface area contributed by atoms with Crippen LogP contribution >= 0.6 is 0 Å². The number of hydrogen-bond donors (Lipinski definition) is 2. The van der Waals surface area contributed by atoms with E-state index in [4.69, 9.17) is 0 Å². The third-order valence-electron chi connectivity index (χ3n) is 4.92. The van der Waals surface area contributed by atoms with Crippen molar-refractivity contribution in [1.29, 1.82) is 0 Å². The first-order valence-electron chi connectivity index (χ1n) is 10.6. The molecule has 9 heteroatoms. The van der Waals surface area contributed by atoms with Gasteiger partial charge in [0.25, 0.3) is 0 Å². The summed E-state index contributed by atoms with van der Waals surface area (Å²) >= 11 is 0. The van der Waals surface area contributed by atoms with Crippen LogP contribution < -0.4 is 15.4 Å². The van der Waals surface area contributed by atoms with Gasteiger partial charge in [-0.2, -0.15) is 4.98 Å². The van der Waals surface area contributed by atoms with E-state index in [1.165, 1.54) is 18.2 Å². The lowest BCUT2D eigenvalue weighted by molar-refractivity contribution is -0.274. The fraction of sp³-hybridized carbons (Fsp3) is 0.333. The molecule has 6 nitrogen and oxygen atoms in total. The van der Waals surface area contributed by atoms with Crippen LogP contribution in [0.25, 0.3) is 11.3 Å². The molecule has 2 N–H and O–H groups in total. The number of ether oxygens (including phenoxy) is 1. The van der Waals surface area contributed by atoms with Crippen molar-refractivity contribution in [2.75, 3.05) is 37.8 Å². The van der Waals surface area contributed by atoms with Crippen LogP contribution in [0.4, 0.5) is 30.6 Å². The van der Waals surface area contributed by atoms with Gasteiger partial charge in [-0.05, 0) is 50.7 Å². The molecule has 176 valence electrons. The number of aryl methyl sites for hydroxylation is 2. The molecule has 0 saturated carbocycles. The number of nitrogens with zero attached hydrogens (tertiary/aromatic N) is 3. The first kappa shape index (κ1) is 24.3. The van der Waals surface area contributed by atoms with Crippen LogP contribution in [0.5, 0.6) is 5.75 Å². The molecule has 3 aromatic rings. The summed E-state index contributed by atoms with van der Waals surface area (Å²) in [6.07, 6.45) is -3.93. The molecule has 0 radical (unpaired) electrons. The summed E-state index contributed by atoms with van der Waals surface area (Å²) in [5, 5.41) is 6.57. The zero-order valence-electron chi connectivity index (χ0n) is 19.1. The number of nitrogens with one attached hydrogen (secondary N) is 2. The Labute approximate surface area is 191 Å². The molecule has 0 amide bonds. The van der Waals surface area contributed by atoms with E-state index < -0.39 is 6.36 Å². The highest BCUT2D eigenvalue weighted by molar-refractivity contribution is 5.71. The van der Waals surface area contributed by atoms with Gasteiger partial charge in [0.2, 0.25) is 5.95 Å². The first-order chi connectivity index (χ1) is 15.6. The number of hydrogen-bond acceptors (Lipinski definition) is 6. The number of para-hydroxylation sites is 1. The summed E-state index contributed by atoms with van der Waals surface area (Å²) in [6.45, 7) is 5.46. The lowest BCUT2D eigenvalue weighted by Gasteiger charge is -2.16. The van der Waals surface area contributed by atoms with Crippen molar-refractivity contribution >= 4 is 17.5 Å². The molecule has 2 aromatic carbocycles. The largest absolute Gasteiger partial charge is 0.573 e. The van der Waals surface area contributed by atoms with Crippen LogP contribution in [0.15, 0.2) is 48.5 Å². The van der Waals surface area contributed by atoms with Gasteiger partial charge in [0, 0.05) is 30.4 Å². The third-order valence-corrected chi connectivity index (χ3v) is 4.92. The van der Waals surface area contributed by atoms with E-state index in [2.05, 4.69) is 32.3 Å². The molecule has 3 rings (SSSR count). The van der Waals surface area contributed by atoms with Gasteiger partial charge in [-0.3, -0.25) is 0 Å². The maximum absolute atomic E-state index is 12.7. The van der Waals surface area contributed by atoms with Gasteiger partial charge < -0.3 is 20.3 Å². The van der Waals surface area contributed by atoms with Crippen LogP contribution in [0, 0.1) is 6.92 Å². The number of aromatic nitrogens is 2. The van der Waals surface area contributed by atoms with Gasteiger partial charge in [-0.15, -0.1) is 13.2 Å². The maximum Gasteiger partial charge on any atom is 0.573 e. The molecule has 1 heterocycles. The Hall–Kier alpha value is -3.33. The van der Waals surface area contributed by atoms with Gasteiger partial charge in [0.1, 0.15) is 11.6 Å². The topological polar surface area (TPSA) is 62.3 Å². The van der Waals surface area contributed by atoms with E-state index in [1.807, 2.05) is 44.1 Å². The van der Waals surface area contributed by atoms with Crippen molar-refractivity contribution in [2.24, 2.45) is 0 Å². The van der Waals surface area contributed by atoms with Crippen LogP contribution in [0.3, 0.4) is 0 Å². The molecule has 0 aliphatic rings. The van der Waals surface area contributed by atoms with E-state index in [0.717, 1.165) is 29.8 Å². The zero-order valence-corrected chi connectivity index (χ0v) is 19.1. The average Bonchev–Trinajstić information content (AvgIpc) is 2.74. The summed E-state index contributed by atoms with van der Waals surface area (Å²) in [5.74, 6) is 0.617. The van der Waals surface area contributed by atoms with Gasteiger partial charge in [-0.25, -0.2) is 4.98 Å². The lowest BCUT2D eigenvalue weighted by atomic mass is 10.1. The van der Waals surface area contributed by atoms with Crippen molar-refractivity contribution in [3.8, 4) is 17.0 Å². The van der Waals surface area contributed by atoms with Crippen molar-refractivity contribution < 1.29 is 17.9 Å². The second kappa shape index (κ2) is 10.5. The molecule has 0 bridgehead atoms. The summed E-state index contributed by atoms with van der Waals surface area (Å²) < 4.78 is 42.1. The molecule has 0 fully saturated rings. The smallest absolute Gasteiger partial charge is 0.406 e. The van der Waals surface area contributed by atoms with Crippen LogP contribution in [0.1, 0.15) is 18.1 Å². The molecular formula is C24H28F3N5O. The fourth-order valence-corrected chi connectivity index (χ4v) is 3.31. The molecular weight excluding hydrogens is 431 g/mol. The Morgan fingerprint density at radius 2 is 1.79 bits per heavy atom. The third kappa shape index (κ3) is 7.08. The van der Waals surface area contributed by atoms with Gasteiger partial charge in [0.15, 0.2) is 0 Å². The van der Waals surface area contributed by atoms with Crippen molar-refractivity contribution in [2.45, 2.75) is 26.6 Å². The molecule has 0 spiro atoms. The molecule has 0 saturated heterocycles. The lowest BCUT2D eigenvalue weighted by Crippen LogP contribution is -2.21. The summed E-state index contributed by atoms with van der Waals surface area (Å²) in [5.41, 5.74) is 4.12. The monoisotopic (exact) mass is 459 g/mol. The van der Waals surface area contributed by atoms with E-state index in [-0.39, 0.29) is 5.75 Å². The number of anilines is 3. The van der Waals surface area contributed by atoms with E-state index in [0.29, 0.717) is 29.6 Å². The number of rotatable bonds is 9. The fourth-order valence-electron chi connectivity index (χ4n) is 3.31. The predicted molar refractivity (Wildman–Crippen MR) is 125 cm³/mol. The predicted octanol–water partition coefficient (Wildman–Crippen LogP) is 5.63. The molecule has 0 unspecified atom stereocenters. The molecule has 0 atom stereocenters. The number of halogens is 3. The van der Waals surface area contributed by atoms with Crippen molar-refractivity contribution in [3.05, 3.63) is 59.7 Å². The Bertz CT molecular complexity index is 1090. The molecule has 33 heavy (non-hydrogen) atoms. The van der Waals surface area contributed by atoms with E-state index >= 15 is 0 Å². The van der Waals surface area contributed by atoms with Crippen molar-refractivity contribution in [1.82, 2.24) is 14.9 Å².